The number of hydrogen-bond donors (Lipinski definition) is 3. The fourth-order valence-corrected chi connectivity index (χ4v) is 1.53. The summed E-state index contributed by atoms with van der Waals surface area (Å²) in [5.74, 6) is 0. The van der Waals surface area contributed by atoms with E-state index >= 15 is 0 Å². The molecule has 80 valence electrons. The third kappa shape index (κ3) is 2.55. The van der Waals surface area contributed by atoms with Crippen LogP contribution < -0.4 is 5.32 Å². The molecule has 15 heavy (non-hydrogen) atoms. The number of fused-ring (bicyclic) bond motifs is 1. The van der Waals surface area contributed by atoms with Crippen molar-refractivity contribution < 1.29 is 5.11 Å². The van der Waals surface area contributed by atoms with Gasteiger partial charge in [-0.1, -0.05) is 6.07 Å². The van der Waals surface area contributed by atoms with Crippen LogP contribution in [0, 0.1) is 0 Å². The van der Waals surface area contributed by atoms with Gasteiger partial charge >= 0.3 is 0 Å². The number of nitrogens with zero attached hydrogens (tertiary/aromatic N) is 1. The third-order valence-electron chi connectivity index (χ3n) is 2.33. The van der Waals surface area contributed by atoms with E-state index in [1.165, 1.54) is 5.56 Å². The number of aliphatic hydroxyl groups excluding tert-OH is 1. The maximum Gasteiger partial charge on any atom is 0.0931 e. The topological polar surface area (TPSA) is 60.9 Å². The molecule has 0 atom stereocenters. The molecule has 2 aromatic rings. The van der Waals surface area contributed by atoms with E-state index in [0.717, 1.165) is 30.5 Å². The van der Waals surface area contributed by atoms with Gasteiger partial charge in [-0.15, -0.1) is 0 Å². The minimum atomic E-state index is 0.243. The molecule has 0 radical (unpaired) electrons. The Kier molecular flexibility index (Phi) is 3.32. The lowest BCUT2D eigenvalue weighted by atomic mass is 10.2. The summed E-state index contributed by atoms with van der Waals surface area (Å²) in [6.07, 6.45) is 2.50. The van der Waals surface area contributed by atoms with Gasteiger partial charge in [0.1, 0.15) is 0 Å². The first-order chi connectivity index (χ1) is 7.40. The van der Waals surface area contributed by atoms with Crippen molar-refractivity contribution in [3.05, 3.63) is 30.1 Å². The predicted molar refractivity (Wildman–Crippen MR) is 59.5 cm³/mol. The summed E-state index contributed by atoms with van der Waals surface area (Å²) in [5.41, 5.74) is 3.29. The Labute approximate surface area is 88.3 Å². The van der Waals surface area contributed by atoms with Crippen LogP contribution in [-0.4, -0.2) is 28.2 Å². The van der Waals surface area contributed by atoms with Crippen LogP contribution in [0.1, 0.15) is 12.0 Å². The van der Waals surface area contributed by atoms with Gasteiger partial charge in [-0.3, -0.25) is 0 Å². The Morgan fingerprint density at radius 3 is 3.20 bits per heavy atom. The minimum absolute atomic E-state index is 0.243. The second-order valence-corrected chi connectivity index (χ2v) is 3.51. The lowest BCUT2D eigenvalue weighted by molar-refractivity contribution is 0.286. The van der Waals surface area contributed by atoms with Gasteiger partial charge in [0.25, 0.3) is 0 Å². The molecule has 3 N–H and O–H groups in total. The van der Waals surface area contributed by atoms with E-state index < -0.39 is 0 Å². The molecule has 2 rings (SSSR count). The second kappa shape index (κ2) is 4.91. The number of H-pyrrole nitrogens is 1. The van der Waals surface area contributed by atoms with Gasteiger partial charge in [0.05, 0.1) is 17.4 Å². The number of benzene rings is 1. The molecule has 0 aliphatic rings. The highest BCUT2D eigenvalue weighted by Crippen LogP contribution is 2.11. The number of hydrogen-bond acceptors (Lipinski definition) is 3. The summed E-state index contributed by atoms with van der Waals surface area (Å²) in [5, 5.41) is 11.9. The largest absolute Gasteiger partial charge is 0.396 e. The van der Waals surface area contributed by atoms with Crippen molar-refractivity contribution >= 4 is 11.0 Å². The number of aromatic amines is 1. The first kappa shape index (κ1) is 10.1. The number of aliphatic hydroxyl groups is 1. The quantitative estimate of drug-likeness (QED) is 0.639. The van der Waals surface area contributed by atoms with Crippen molar-refractivity contribution in [3.63, 3.8) is 0 Å². The SMILES string of the molecule is OCCCNCc1ccc2nc[nH]c2c1. The number of imidazole rings is 1. The molecular formula is C11H15N3O. The summed E-state index contributed by atoms with van der Waals surface area (Å²) >= 11 is 0. The van der Waals surface area contributed by atoms with E-state index in [1.807, 2.05) is 6.07 Å². The Morgan fingerprint density at radius 1 is 1.40 bits per heavy atom. The lowest BCUT2D eigenvalue weighted by Gasteiger charge is -2.03. The Morgan fingerprint density at radius 2 is 2.33 bits per heavy atom. The molecule has 1 aromatic heterocycles. The minimum Gasteiger partial charge on any atom is -0.396 e. The molecule has 0 unspecified atom stereocenters. The monoisotopic (exact) mass is 205 g/mol. The molecule has 0 aliphatic heterocycles. The van der Waals surface area contributed by atoms with Crippen LogP contribution in [0.4, 0.5) is 0 Å². The van der Waals surface area contributed by atoms with E-state index in [4.69, 9.17) is 5.11 Å². The molecule has 0 saturated heterocycles. The number of rotatable bonds is 5. The molecular weight excluding hydrogens is 190 g/mol. The van der Waals surface area contributed by atoms with Crippen LogP contribution >= 0.6 is 0 Å². The zero-order valence-corrected chi connectivity index (χ0v) is 8.53. The van der Waals surface area contributed by atoms with Gasteiger partial charge in [-0.05, 0) is 30.7 Å². The number of aromatic nitrogens is 2. The maximum absolute atomic E-state index is 8.62. The van der Waals surface area contributed by atoms with Crippen molar-refractivity contribution in [3.8, 4) is 0 Å². The van der Waals surface area contributed by atoms with Gasteiger partial charge < -0.3 is 15.4 Å². The summed E-state index contributed by atoms with van der Waals surface area (Å²) in [4.78, 5) is 7.24. The first-order valence-corrected chi connectivity index (χ1v) is 5.14. The first-order valence-electron chi connectivity index (χ1n) is 5.14. The molecule has 0 amide bonds. The summed E-state index contributed by atoms with van der Waals surface area (Å²) in [7, 11) is 0. The fraction of sp³-hybridized carbons (Fsp3) is 0.364. The standard InChI is InChI=1S/C11H15N3O/c15-5-1-4-12-7-9-2-3-10-11(6-9)14-8-13-10/h2-3,6,8,12,15H,1,4-5,7H2,(H,13,14). The Bertz CT molecular complexity index is 424. The molecule has 4 heteroatoms. The van der Waals surface area contributed by atoms with Crippen LogP contribution in [0.15, 0.2) is 24.5 Å². The highest BCUT2D eigenvalue weighted by Gasteiger charge is 1.97. The Balaban J connectivity index is 1.96. The highest BCUT2D eigenvalue weighted by molar-refractivity contribution is 5.74. The summed E-state index contributed by atoms with van der Waals surface area (Å²) in [6.45, 7) is 1.92. The van der Waals surface area contributed by atoms with E-state index in [2.05, 4.69) is 27.4 Å². The maximum atomic E-state index is 8.62. The van der Waals surface area contributed by atoms with Crippen LogP contribution in [0.25, 0.3) is 11.0 Å². The van der Waals surface area contributed by atoms with Crippen molar-refractivity contribution in [1.82, 2.24) is 15.3 Å². The average Bonchev–Trinajstić information content (AvgIpc) is 2.71. The molecule has 4 nitrogen and oxygen atoms in total. The normalized spacial score (nSPS) is 11.0. The molecule has 0 fully saturated rings. The van der Waals surface area contributed by atoms with E-state index in [-0.39, 0.29) is 6.61 Å². The molecule has 0 spiro atoms. The zero-order valence-electron chi connectivity index (χ0n) is 8.53. The van der Waals surface area contributed by atoms with E-state index in [1.54, 1.807) is 6.33 Å². The lowest BCUT2D eigenvalue weighted by Crippen LogP contribution is -2.15. The molecule has 0 bridgehead atoms. The summed E-state index contributed by atoms with van der Waals surface area (Å²) in [6, 6.07) is 6.16. The molecule has 1 heterocycles. The third-order valence-corrected chi connectivity index (χ3v) is 2.33. The highest BCUT2D eigenvalue weighted by atomic mass is 16.3. The van der Waals surface area contributed by atoms with Crippen LogP contribution in [0.3, 0.4) is 0 Å². The van der Waals surface area contributed by atoms with Gasteiger partial charge in [0.2, 0.25) is 0 Å². The van der Waals surface area contributed by atoms with Crippen LogP contribution in [-0.2, 0) is 6.54 Å². The smallest absolute Gasteiger partial charge is 0.0931 e. The zero-order chi connectivity index (χ0) is 10.5. The van der Waals surface area contributed by atoms with Gasteiger partial charge in [-0.25, -0.2) is 4.98 Å². The van der Waals surface area contributed by atoms with Crippen LogP contribution in [0.2, 0.25) is 0 Å². The molecule has 1 aromatic carbocycles. The second-order valence-electron chi connectivity index (χ2n) is 3.51. The fourth-order valence-electron chi connectivity index (χ4n) is 1.53. The Hall–Kier alpha value is -1.39. The van der Waals surface area contributed by atoms with Crippen LogP contribution in [0.5, 0.6) is 0 Å². The average molecular weight is 205 g/mol. The van der Waals surface area contributed by atoms with Crippen molar-refractivity contribution in [2.24, 2.45) is 0 Å². The number of nitrogens with one attached hydrogen (secondary N) is 2. The van der Waals surface area contributed by atoms with Crippen molar-refractivity contribution in [2.75, 3.05) is 13.2 Å². The predicted octanol–water partition coefficient (Wildman–Crippen LogP) is 1.03. The molecule has 0 aliphatic carbocycles. The van der Waals surface area contributed by atoms with E-state index in [0.29, 0.717) is 0 Å². The van der Waals surface area contributed by atoms with E-state index in [9.17, 15) is 0 Å². The van der Waals surface area contributed by atoms with Gasteiger partial charge in [-0.2, -0.15) is 0 Å². The van der Waals surface area contributed by atoms with Gasteiger partial charge in [0.15, 0.2) is 0 Å². The summed E-state index contributed by atoms with van der Waals surface area (Å²) < 4.78 is 0. The van der Waals surface area contributed by atoms with Crippen molar-refractivity contribution in [2.45, 2.75) is 13.0 Å². The molecule has 0 saturated carbocycles. The van der Waals surface area contributed by atoms with Crippen molar-refractivity contribution in [1.29, 1.82) is 0 Å². The van der Waals surface area contributed by atoms with Gasteiger partial charge in [0, 0.05) is 13.2 Å².